The lowest BCUT2D eigenvalue weighted by molar-refractivity contribution is -0.127. The number of carbonyl (C=O) groups excluding carboxylic acids is 2. The summed E-state index contributed by atoms with van der Waals surface area (Å²) in [5.41, 5.74) is 1.89. The molecule has 2 aromatic rings. The van der Waals surface area contributed by atoms with Crippen LogP contribution in [-0.4, -0.2) is 79.5 Å². The van der Waals surface area contributed by atoms with Gasteiger partial charge in [0.15, 0.2) is 0 Å². The topological polar surface area (TPSA) is 67.9 Å². The lowest BCUT2D eigenvalue weighted by Crippen LogP contribution is -2.50. The zero-order valence-corrected chi connectivity index (χ0v) is 19.5. The van der Waals surface area contributed by atoms with Crippen molar-refractivity contribution >= 4 is 17.6 Å². The highest BCUT2D eigenvalue weighted by molar-refractivity contribution is 5.90. The molecule has 33 heavy (non-hydrogen) atoms. The number of piperazine rings is 1. The third kappa shape index (κ3) is 6.55. The van der Waals surface area contributed by atoms with Crippen LogP contribution in [0.4, 0.5) is 10.5 Å². The van der Waals surface area contributed by atoms with E-state index in [1.165, 1.54) is 0 Å². The van der Waals surface area contributed by atoms with Crippen LogP contribution in [0.15, 0.2) is 60.7 Å². The maximum Gasteiger partial charge on any atom is 0.321 e. The molecule has 7 heteroatoms. The van der Waals surface area contributed by atoms with Gasteiger partial charge in [-0.25, -0.2) is 4.79 Å². The average molecular weight is 450 g/mol. The highest BCUT2D eigenvalue weighted by Gasteiger charge is 2.30. The third-order valence-corrected chi connectivity index (χ3v) is 6.66. The number of likely N-dealkylation sites (N-methyl/N-ethyl adjacent to an activating group) is 1. The van der Waals surface area contributed by atoms with Crippen LogP contribution in [0, 0.1) is 5.92 Å². The number of hydrogen-bond acceptors (Lipinski definition) is 4. The van der Waals surface area contributed by atoms with Gasteiger partial charge in [-0.2, -0.15) is 0 Å². The minimum Gasteiger partial charge on any atom is -0.348 e. The number of amides is 3. The molecule has 2 saturated heterocycles. The lowest BCUT2D eigenvalue weighted by Gasteiger charge is -2.36. The molecule has 3 amide bonds. The maximum absolute atomic E-state index is 13.3. The van der Waals surface area contributed by atoms with Crippen LogP contribution in [-0.2, 0) is 4.79 Å². The van der Waals surface area contributed by atoms with Gasteiger partial charge in [0.25, 0.3) is 0 Å². The van der Waals surface area contributed by atoms with Gasteiger partial charge >= 0.3 is 6.03 Å². The Bertz CT molecular complexity index is 899. The number of likely N-dealkylation sites (tertiary alicyclic amines) is 1. The summed E-state index contributed by atoms with van der Waals surface area (Å²) in [7, 11) is 2.15. The van der Waals surface area contributed by atoms with E-state index >= 15 is 0 Å². The number of carbonyl (C=O) groups is 2. The Balaban J connectivity index is 1.37. The van der Waals surface area contributed by atoms with Gasteiger partial charge in [-0.1, -0.05) is 48.5 Å². The van der Waals surface area contributed by atoms with E-state index in [0.717, 1.165) is 56.8 Å². The number of nitrogens with zero attached hydrogens (tertiary/aromatic N) is 3. The molecule has 0 saturated carbocycles. The van der Waals surface area contributed by atoms with Gasteiger partial charge in [0.2, 0.25) is 5.91 Å². The first-order valence-electron chi connectivity index (χ1n) is 12.0. The molecule has 2 N–H and O–H groups in total. The van der Waals surface area contributed by atoms with Crippen molar-refractivity contribution in [3.63, 3.8) is 0 Å². The highest BCUT2D eigenvalue weighted by Crippen LogP contribution is 2.21. The van der Waals surface area contributed by atoms with Crippen molar-refractivity contribution in [3.05, 3.63) is 66.2 Å². The average Bonchev–Trinajstić information content (AvgIpc) is 2.86. The second-order valence-corrected chi connectivity index (χ2v) is 9.16. The van der Waals surface area contributed by atoms with Crippen LogP contribution < -0.4 is 10.6 Å². The summed E-state index contributed by atoms with van der Waals surface area (Å²) in [4.78, 5) is 32.6. The Morgan fingerprint density at radius 3 is 2.30 bits per heavy atom. The van der Waals surface area contributed by atoms with Crippen LogP contribution in [0.3, 0.4) is 0 Å². The summed E-state index contributed by atoms with van der Waals surface area (Å²) in [6.07, 6.45) is 1.63. The number of anilines is 1. The monoisotopic (exact) mass is 449 g/mol. The molecule has 0 aromatic heterocycles. The zero-order chi connectivity index (χ0) is 23.0. The number of benzene rings is 2. The Morgan fingerprint density at radius 2 is 1.61 bits per heavy atom. The molecule has 2 aliphatic heterocycles. The fourth-order valence-electron chi connectivity index (χ4n) is 4.60. The Labute approximate surface area is 196 Å². The summed E-state index contributed by atoms with van der Waals surface area (Å²) in [5, 5.41) is 6.26. The van der Waals surface area contributed by atoms with E-state index in [9.17, 15) is 9.59 Å². The van der Waals surface area contributed by atoms with Crippen molar-refractivity contribution in [2.45, 2.75) is 18.9 Å². The molecular weight excluding hydrogens is 414 g/mol. The van der Waals surface area contributed by atoms with Gasteiger partial charge in [0, 0.05) is 51.5 Å². The second-order valence-electron chi connectivity index (χ2n) is 9.16. The van der Waals surface area contributed by atoms with Gasteiger partial charge in [0.05, 0.1) is 12.0 Å². The molecule has 2 aromatic carbocycles. The molecule has 2 heterocycles. The molecule has 176 valence electrons. The molecule has 2 aliphatic rings. The first kappa shape index (κ1) is 23.3. The van der Waals surface area contributed by atoms with Crippen molar-refractivity contribution in [2.75, 3.05) is 58.2 Å². The van der Waals surface area contributed by atoms with E-state index in [0.29, 0.717) is 13.1 Å². The highest BCUT2D eigenvalue weighted by atomic mass is 16.2. The van der Waals surface area contributed by atoms with E-state index < -0.39 is 0 Å². The largest absolute Gasteiger partial charge is 0.348 e. The first-order chi connectivity index (χ1) is 16.1. The standard InChI is InChI=1S/C26H35N5O2/c1-29-15-17-30(18-16-29)20-24(21-9-4-2-5-10-21)28-25(32)22-11-8-14-31(19-22)26(33)27-23-12-6-3-7-13-23/h2-7,9-10,12-13,22,24H,8,11,14-20H2,1H3,(H,27,33)(H,28,32). The van der Waals surface area contributed by atoms with Crippen LogP contribution in [0.2, 0.25) is 0 Å². The second kappa shape index (κ2) is 11.3. The summed E-state index contributed by atoms with van der Waals surface area (Å²) < 4.78 is 0. The van der Waals surface area contributed by atoms with Crippen LogP contribution in [0.1, 0.15) is 24.4 Å². The number of para-hydroxylation sites is 1. The Hall–Kier alpha value is -2.90. The molecular formula is C26H35N5O2. The van der Waals surface area contributed by atoms with Crippen molar-refractivity contribution in [1.29, 1.82) is 0 Å². The van der Waals surface area contributed by atoms with E-state index in [1.54, 1.807) is 4.90 Å². The van der Waals surface area contributed by atoms with Gasteiger partial charge in [-0.05, 0) is 37.6 Å². The molecule has 0 radical (unpaired) electrons. The molecule has 2 atom stereocenters. The van der Waals surface area contributed by atoms with Crippen molar-refractivity contribution < 1.29 is 9.59 Å². The lowest BCUT2D eigenvalue weighted by atomic mass is 9.96. The Morgan fingerprint density at radius 1 is 0.939 bits per heavy atom. The summed E-state index contributed by atoms with van der Waals surface area (Å²) in [5.74, 6) is -0.158. The third-order valence-electron chi connectivity index (χ3n) is 6.66. The van der Waals surface area contributed by atoms with E-state index in [2.05, 4.69) is 39.6 Å². The molecule has 0 aliphatic carbocycles. The molecule has 0 spiro atoms. The van der Waals surface area contributed by atoms with Crippen LogP contribution in [0.5, 0.6) is 0 Å². The fraction of sp³-hybridized carbons (Fsp3) is 0.462. The number of nitrogens with one attached hydrogen (secondary N) is 2. The Kier molecular flexibility index (Phi) is 7.96. The van der Waals surface area contributed by atoms with E-state index in [1.807, 2.05) is 48.5 Å². The quantitative estimate of drug-likeness (QED) is 0.711. The summed E-state index contributed by atoms with van der Waals surface area (Å²) in [6.45, 7) is 6.02. The first-order valence-corrected chi connectivity index (χ1v) is 12.0. The summed E-state index contributed by atoms with van der Waals surface area (Å²) >= 11 is 0. The van der Waals surface area contributed by atoms with E-state index in [-0.39, 0.29) is 23.9 Å². The predicted octanol–water partition coefficient (Wildman–Crippen LogP) is 3.04. The number of rotatable bonds is 6. The van der Waals surface area contributed by atoms with Crippen LogP contribution in [0.25, 0.3) is 0 Å². The normalized spacial score (nSPS) is 20.8. The molecule has 7 nitrogen and oxygen atoms in total. The fourth-order valence-corrected chi connectivity index (χ4v) is 4.60. The smallest absolute Gasteiger partial charge is 0.321 e. The molecule has 2 unspecified atom stereocenters. The number of piperidine rings is 1. The van der Waals surface area contributed by atoms with Gasteiger partial charge in [-0.3, -0.25) is 9.69 Å². The van der Waals surface area contributed by atoms with E-state index in [4.69, 9.17) is 0 Å². The number of urea groups is 1. The van der Waals surface area contributed by atoms with Gasteiger partial charge < -0.3 is 20.4 Å². The maximum atomic E-state index is 13.3. The zero-order valence-electron chi connectivity index (χ0n) is 19.5. The van der Waals surface area contributed by atoms with Gasteiger partial charge in [0.1, 0.15) is 0 Å². The minimum absolute atomic E-state index is 0.0372. The van der Waals surface area contributed by atoms with Crippen molar-refractivity contribution in [2.24, 2.45) is 5.92 Å². The molecule has 2 fully saturated rings. The van der Waals surface area contributed by atoms with Crippen LogP contribution >= 0.6 is 0 Å². The SMILES string of the molecule is CN1CCN(CC(NC(=O)C2CCCN(C(=O)Nc3ccccc3)C2)c2ccccc2)CC1. The predicted molar refractivity (Wildman–Crippen MR) is 131 cm³/mol. The summed E-state index contributed by atoms with van der Waals surface area (Å²) in [6, 6.07) is 19.5. The minimum atomic E-state index is -0.195. The molecule has 4 rings (SSSR count). The molecule has 0 bridgehead atoms. The van der Waals surface area contributed by atoms with Crippen molar-refractivity contribution in [3.8, 4) is 0 Å². The van der Waals surface area contributed by atoms with Gasteiger partial charge in [-0.15, -0.1) is 0 Å². The number of hydrogen-bond donors (Lipinski definition) is 2. The van der Waals surface area contributed by atoms with Crippen molar-refractivity contribution in [1.82, 2.24) is 20.0 Å².